The van der Waals surface area contributed by atoms with Crippen LogP contribution in [0.3, 0.4) is 0 Å². The minimum absolute atomic E-state index is 0.251. The van der Waals surface area contributed by atoms with Crippen LogP contribution in [0.4, 0.5) is 4.39 Å². The lowest BCUT2D eigenvalue weighted by molar-refractivity contribution is 0.384. The molecule has 0 atom stereocenters. The van der Waals surface area contributed by atoms with Crippen molar-refractivity contribution in [2.75, 3.05) is 19.6 Å². The average molecular weight is 238 g/mol. The second-order valence-electron chi connectivity index (χ2n) is 3.35. The first-order chi connectivity index (χ1) is 7.67. The highest BCUT2D eigenvalue weighted by Gasteiger charge is 2.09. The van der Waals surface area contributed by atoms with Gasteiger partial charge in [0.2, 0.25) is 0 Å². The molecule has 4 heteroatoms. The van der Waals surface area contributed by atoms with Gasteiger partial charge in [-0.3, -0.25) is 4.90 Å². The molecule has 0 spiro atoms. The summed E-state index contributed by atoms with van der Waals surface area (Å²) >= 11 is 1.00. The monoisotopic (exact) mass is 238 g/mol. The van der Waals surface area contributed by atoms with Crippen LogP contribution in [-0.4, -0.2) is 30.2 Å². The van der Waals surface area contributed by atoms with Gasteiger partial charge >= 0.3 is 0 Å². The molecule has 1 heterocycles. The zero-order chi connectivity index (χ0) is 12.0. The fourth-order valence-electron chi connectivity index (χ4n) is 1.35. The Hall–Kier alpha value is -1.26. The van der Waals surface area contributed by atoms with Crippen LogP contribution in [0.25, 0.3) is 0 Å². The maximum atomic E-state index is 12.8. The van der Waals surface area contributed by atoms with Gasteiger partial charge in [-0.15, -0.1) is 24.5 Å². The first-order valence-corrected chi connectivity index (χ1v) is 5.76. The van der Waals surface area contributed by atoms with E-state index in [2.05, 4.69) is 13.2 Å². The van der Waals surface area contributed by atoms with Gasteiger partial charge in [0.1, 0.15) is 0 Å². The molecule has 0 saturated carbocycles. The summed E-state index contributed by atoms with van der Waals surface area (Å²) < 4.78 is 12.8. The van der Waals surface area contributed by atoms with Gasteiger partial charge in [0, 0.05) is 19.6 Å². The van der Waals surface area contributed by atoms with Crippen LogP contribution < -0.4 is 0 Å². The van der Waals surface area contributed by atoms with Crippen molar-refractivity contribution in [3.63, 3.8) is 0 Å². The largest absolute Gasteiger partial charge is 0.302 e. The quantitative estimate of drug-likeness (QED) is 0.574. The van der Waals surface area contributed by atoms with Crippen LogP contribution in [0.5, 0.6) is 0 Å². The first kappa shape index (κ1) is 12.8. The molecule has 0 unspecified atom stereocenters. The van der Waals surface area contributed by atoms with Gasteiger partial charge in [-0.1, -0.05) is 12.2 Å². The Morgan fingerprint density at radius 1 is 1.38 bits per heavy atom. The summed E-state index contributed by atoms with van der Waals surface area (Å²) in [5.74, 6) is 0. The number of nitrogens with one attached hydrogen (secondary N) is 1. The average Bonchev–Trinajstić information content (AvgIpc) is 2.65. The van der Waals surface area contributed by atoms with E-state index >= 15 is 0 Å². The Kier molecular flexibility index (Phi) is 5.08. The van der Waals surface area contributed by atoms with E-state index in [9.17, 15) is 4.39 Å². The summed E-state index contributed by atoms with van der Waals surface area (Å²) in [5.41, 5.74) is 0.428. The molecule has 86 valence electrons. The van der Waals surface area contributed by atoms with E-state index in [1.54, 1.807) is 18.2 Å². The molecule has 0 aliphatic rings. The molecular weight excluding hydrogens is 223 g/mol. The van der Waals surface area contributed by atoms with Crippen molar-refractivity contribution in [1.29, 1.82) is 5.41 Å². The molecule has 2 nitrogen and oxygen atoms in total. The highest BCUT2D eigenvalue weighted by Crippen LogP contribution is 2.15. The maximum Gasteiger partial charge on any atom is 0.177 e. The van der Waals surface area contributed by atoms with E-state index in [4.69, 9.17) is 5.41 Å². The summed E-state index contributed by atoms with van der Waals surface area (Å²) in [7, 11) is 0. The Morgan fingerprint density at radius 3 is 2.44 bits per heavy atom. The van der Waals surface area contributed by atoms with Gasteiger partial charge in [0.25, 0.3) is 0 Å². The number of halogens is 1. The smallest absolute Gasteiger partial charge is 0.177 e. The highest BCUT2D eigenvalue weighted by molar-refractivity contribution is 7.12. The van der Waals surface area contributed by atoms with Gasteiger partial charge in [0.15, 0.2) is 5.13 Å². The van der Waals surface area contributed by atoms with E-state index in [1.807, 2.05) is 4.90 Å². The molecule has 0 saturated heterocycles. The molecule has 1 aromatic rings. The molecule has 0 fully saturated rings. The third-order valence-corrected chi connectivity index (χ3v) is 2.96. The van der Waals surface area contributed by atoms with Crippen LogP contribution in [0, 0.1) is 10.5 Å². The van der Waals surface area contributed by atoms with Crippen molar-refractivity contribution in [3.8, 4) is 0 Å². The Bertz CT molecular complexity index is 374. The summed E-state index contributed by atoms with van der Waals surface area (Å²) in [6.07, 6.45) is 3.57. The van der Waals surface area contributed by atoms with Gasteiger partial charge in [0.05, 0.1) is 10.6 Å². The van der Waals surface area contributed by atoms with E-state index < -0.39 is 0 Å². The molecule has 0 bridgehead atoms. The van der Waals surface area contributed by atoms with Crippen molar-refractivity contribution >= 4 is 17.0 Å². The molecule has 0 amide bonds. The van der Waals surface area contributed by atoms with E-state index in [-0.39, 0.29) is 5.13 Å². The Morgan fingerprint density at radius 2 is 2.00 bits per heavy atom. The summed E-state index contributed by atoms with van der Waals surface area (Å²) in [5, 5.41) is 7.61. The zero-order valence-corrected chi connectivity index (χ0v) is 9.89. The van der Waals surface area contributed by atoms with Crippen LogP contribution in [0.2, 0.25) is 0 Å². The van der Waals surface area contributed by atoms with E-state index in [0.29, 0.717) is 30.2 Å². The zero-order valence-electron chi connectivity index (χ0n) is 9.08. The lowest BCUT2D eigenvalue weighted by Gasteiger charge is -2.18. The fourth-order valence-corrected chi connectivity index (χ4v) is 2.02. The van der Waals surface area contributed by atoms with Crippen molar-refractivity contribution in [1.82, 2.24) is 4.90 Å². The maximum absolute atomic E-state index is 12.8. The second-order valence-corrected chi connectivity index (χ2v) is 4.39. The van der Waals surface area contributed by atoms with Gasteiger partial charge in [-0.05, 0) is 12.1 Å². The number of thiophene rings is 1. The lowest BCUT2D eigenvalue weighted by Crippen LogP contribution is -2.29. The molecule has 0 radical (unpaired) electrons. The number of hydrogen-bond donors (Lipinski definition) is 1. The van der Waals surface area contributed by atoms with E-state index in [1.165, 1.54) is 6.07 Å². The molecule has 0 aliphatic heterocycles. The molecule has 0 aliphatic carbocycles. The van der Waals surface area contributed by atoms with Crippen molar-refractivity contribution < 1.29 is 4.39 Å². The molecule has 1 rings (SSSR count). The van der Waals surface area contributed by atoms with E-state index in [0.717, 1.165) is 11.3 Å². The van der Waals surface area contributed by atoms with Gasteiger partial charge in [-0.2, -0.15) is 4.39 Å². The third kappa shape index (κ3) is 3.72. The normalized spacial score (nSPS) is 10.4. The second kappa shape index (κ2) is 6.35. The van der Waals surface area contributed by atoms with Crippen LogP contribution in [-0.2, 0) is 0 Å². The molecule has 1 aromatic heterocycles. The molecular formula is C12H15FN2S. The Labute approximate surface area is 99.2 Å². The van der Waals surface area contributed by atoms with Crippen LogP contribution >= 0.6 is 11.3 Å². The van der Waals surface area contributed by atoms with Crippen LogP contribution in [0.1, 0.15) is 4.88 Å². The summed E-state index contributed by atoms with van der Waals surface area (Å²) in [4.78, 5) is 2.69. The SMILES string of the molecule is C=CCN(CC=C)CC(=N)c1ccc(F)s1. The van der Waals surface area contributed by atoms with Crippen molar-refractivity contribution in [2.24, 2.45) is 0 Å². The highest BCUT2D eigenvalue weighted by atomic mass is 32.1. The minimum Gasteiger partial charge on any atom is -0.302 e. The van der Waals surface area contributed by atoms with Crippen LogP contribution in [0.15, 0.2) is 37.4 Å². The summed E-state index contributed by atoms with van der Waals surface area (Å²) in [6, 6.07) is 3.03. The minimum atomic E-state index is -0.251. The molecule has 16 heavy (non-hydrogen) atoms. The number of rotatable bonds is 7. The molecule has 1 N–H and O–H groups in total. The first-order valence-electron chi connectivity index (χ1n) is 4.94. The van der Waals surface area contributed by atoms with Gasteiger partial charge in [-0.25, -0.2) is 0 Å². The lowest BCUT2D eigenvalue weighted by atomic mass is 10.3. The predicted octanol–water partition coefficient (Wildman–Crippen LogP) is 2.93. The standard InChI is InChI=1S/C12H15FN2S/c1-3-7-15(8-4-2)9-10(14)11-5-6-12(13)16-11/h3-6,14H,1-2,7-9H2. The number of hydrogen-bond acceptors (Lipinski definition) is 3. The van der Waals surface area contributed by atoms with Crippen molar-refractivity contribution in [2.45, 2.75) is 0 Å². The molecule has 0 aromatic carbocycles. The third-order valence-electron chi connectivity index (χ3n) is 2.03. The predicted molar refractivity (Wildman–Crippen MR) is 67.9 cm³/mol. The topological polar surface area (TPSA) is 27.1 Å². The van der Waals surface area contributed by atoms with Gasteiger partial charge < -0.3 is 5.41 Å². The van der Waals surface area contributed by atoms with Crippen molar-refractivity contribution in [3.05, 3.63) is 47.5 Å². The fraction of sp³-hybridized carbons (Fsp3) is 0.250. The Balaban J connectivity index is 2.60. The summed E-state index contributed by atoms with van der Waals surface area (Å²) in [6.45, 7) is 9.20. The number of nitrogens with zero attached hydrogens (tertiary/aromatic N) is 1.